The number of aliphatic hydroxyl groups excluding tert-OH is 2. The number of nitrogens with two attached hydrogens (primary N) is 1. The standard InChI is InChI=1S/C29H38N2O4S.C21H32N2O2S.C8H7ClO2.Ac/c1-19-24(13-8-14-27(19)33)29(35)30-25(18-36-23-11-4-3-5-12-23)28(34)17-31-16-22-10-7-6-9-21(22)15-26(31)20(2)32;1-15(24)20-11-16-7-5-6-8-17(16)12-23(20)13-21(25)19(22)14-26-18-9-3-2-4-10-18;1-5-6(8(9)11)3-2-4-7(5)10;/h3-5,8,11-14,21-22,25-26,28,33-34H,6-7,9-10,15-18H2,1-2H3,(H,30,35);2-4,9-10,16-17,19-21,25H,5-8,11-14,22H2,1H3;2-4,10H,1H3;/t21-,22+,25-,26-,28+;16-,17+,19-,20-,21+;;/m00../s1. The molecule has 4 aromatic rings. The number of carbonyl (C=O) groups excluding carboxylic acids is 4. The van der Waals surface area contributed by atoms with Gasteiger partial charge in [-0.25, -0.2) is 0 Å². The fourth-order valence-electron chi connectivity index (χ4n) is 11.1. The van der Waals surface area contributed by atoms with E-state index in [9.17, 15) is 34.5 Å². The smallest absolute Gasteiger partial charge is 0.252 e. The summed E-state index contributed by atoms with van der Waals surface area (Å²) in [6, 6.07) is 28.5. The van der Waals surface area contributed by atoms with Gasteiger partial charge in [0, 0.05) is 120 Å². The van der Waals surface area contributed by atoms with Gasteiger partial charge in [0.2, 0.25) is 0 Å². The van der Waals surface area contributed by atoms with Crippen LogP contribution in [0, 0.1) is 81.6 Å². The average molecular weight is 1280 g/mol. The molecule has 7 N–H and O–H groups in total. The van der Waals surface area contributed by atoms with Gasteiger partial charge in [-0.1, -0.05) is 87.1 Å². The molecule has 4 aliphatic rings. The molecule has 2 saturated heterocycles. The molecule has 2 saturated carbocycles. The molecule has 399 valence electrons. The summed E-state index contributed by atoms with van der Waals surface area (Å²) in [6.07, 6.45) is 10.4. The van der Waals surface area contributed by atoms with Gasteiger partial charge in [0.1, 0.15) is 23.1 Å². The Morgan fingerprint density at radius 3 is 1.49 bits per heavy atom. The Kier molecular flexibility index (Phi) is 26.0. The number of nitrogens with one attached hydrogen (secondary N) is 1. The zero-order valence-corrected chi connectivity index (χ0v) is 50.6. The van der Waals surface area contributed by atoms with Gasteiger partial charge in [-0.3, -0.25) is 29.0 Å². The topological polar surface area (TPSA) is 194 Å². The maximum absolute atomic E-state index is 13.2. The van der Waals surface area contributed by atoms with Crippen molar-refractivity contribution in [3.63, 3.8) is 0 Å². The normalized spacial score (nSPS) is 23.2. The summed E-state index contributed by atoms with van der Waals surface area (Å²) >= 11 is 8.48. The number of hydrogen-bond acceptors (Lipinski definition) is 13. The molecule has 0 spiro atoms. The van der Waals surface area contributed by atoms with Gasteiger partial charge in [-0.15, -0.1) is 23.5 Å². The molecular weight excluding hydrogens is 1210 g/mol. The Morgan fingerprint density at radius 1 is 0.622 bits per heavy atom. The maximum atomic E-state index is 13.2. The molecule has 2 aliphatic carbocycles. The van der Waals surface area contributed by atoms with Crippen LogP contribution in [0.2, 0.25) is 0 Å². The van der Waals surface area contributed by atoms with E-state index < -0.39 is 23.5 Å². The molecule has 0 unspecified atom stereocenters. The first kappa shape index (κ1) is 62.0. The Balaban J connectivity index is 0.000000232. The number of piperidine rings is 2. The largest absolute Gasteiger partial charge is 0.508 e. The third kappa shape index (κ3) is 18.1. The monoisotopic (exact) mass is 1280 g/mol. The number of ketones is 2. The molecule has 1 radical (unpaired) electrons. The maximum Gasteiger partial charge on any atom is 0.252 e. The van der Waals surface area contributed by atoms with E-state index in [-0.39, 0.29) is 91.2 Å². The van der Waals surface area contributed by atoms with Gasteiger partial charge in [-0.05, 0) is 137 Å². The van der Waals surface area contributed by atoms with Gasteiger partial charge >= 0.3 is 0 Å². The van der Waals surface area contributed by atoms with E-state index in [1.807, 2.05) is 48.5 Å². The first-order chi connectivity index (χ1) is 35.0. The van der Waals surface area contributed by atoms with Crippen LogP contribution in [0.15, 0.2) is 107 Å². The van der Waals surface area contributed by atoms with E-state index >= 15 is 0 Å². The molecule has 2 heterocycles. The number of benzene rings is 4. The number of likely N-dealkylation sites (tertiary alicyclic amines) is 2. The first-order valence-electron chi connectivity index (χ1n) is 26.0. The molecule has 2 aliphatic heterocycles. The molecule has 4 fully saturated rings. The zero-order chi connectivity index (χ0) is 52.6. The number of aliphatic hydroxyl groups is 2. The quantitative estimate of drug-likeness (QED) is 0.0433. The minimum atomic E-state index is -0.843. The number of nitrogens with zero attached hydrogens (tertiary/aromatic N) is 2. The molecule has 10 atom stereocenters. The molecule has 4 aromatic carbocycles. The first-order valence-corrected chi connectivity index (χ1v) is 28.4. The number of aromatic hydroxyl groups is 2. The second-order valence-corrected chi connectivity index (χ2v) is 23.1. The number of β-amino-alcohol motifs (C(OH)–C–C–N with tert-alkyl or cyclic N) is 2. The van der Waals surface area contributed by atoms with Crippen LogP contribution < -0.4 is 11.1 Å². The second kappa shape index (κ2) is 31.0. The van der Waals surface area contributed by atoms with E-state index in [1.54, 1.807) is 81.6 Å². The van der Waals surface area contributed by atoms with Crippen LogP contribution in [0.5, 0.6) is 11.5 Å². The van der Waals surface area contributed by atoms with Gasteiger partial charge in [0.05, 0.1) is 30.3 Å². The van der Waals surface area contributed by atoms with Crippen molar-refractivity contribution in [3.05, 3.63) is 119 Å². The number of phenolic OH excluding ortho intramolecular Hbond substituents is 2. The summed E-state index contributed by atoms with van der Waals surface area (Å²) in [5.41, 5.74) is 8.03. The Bertz CT molecular complexity index is 2430. The summed E-state index contributed by atoms with van der Waals surface area (Å²) in [5, 5.41) is 43.8. The van der Waals surface area contributed by atoms with E-state index in [0.717, 1.165) is 30.8 Å². The Hall–Kier alpha value is -2.81. The van der Waals surface area contributed by atoms with Gasteiger partial charge in [0.15, 0.2) is 0 Å². The van der Waals surface area contributed by atoms with Gasteiger partial charge < -0.3 is 31.5 Å². The summed E-state index contributed by atoms with van der Waals surface area (Å²) in [6.45, 7) is 9.30. The van der Waals surface area contributed by atoms with Crippen molar-refractivity contribution in [1.82, 2.24) is 15.1 Å². The van der Waals surface area contributed by atoms with Crippen LogP contribution in [0.25, 0.3) is 0 Å². The zero-order valence-electron chi connectivity index (χ0n) is 43.5. The van der Waals surface area contributed by atoms with Crippen molar-refractivity contribution < 1.29 is 83.7 Å². The minimum Gasteiger partial charge on any atom is -0.508 e. The van der Waals surface area contributed by atoms with Crippen LogP contribution in [-0.2, 0) is 9.59 Å². The van der Waals surface area contributed by atoms with Crippen molar-refractivity contribution in [3.8, 4) is 11.5 Å². The number of halogens is 1. The molecular formula is C58H77AcClN4O8S2. The number of thioether (sulfide) groups is 2. The number of carbonyl (C=O) groups is 4. The molecule has 12 nitrogen and oxygen atoms in total. The Labute approximate surface area is 488 Å². The number of phenols is 2. The summed E-state index contributed by atoms with van der Waals surface area (Å²) in [5.74, 6) is 3.92. The summed E-state index contributed by atoms with van der Waals surface area (Å²) in [4.78, 5) is 55.2. The fraction of sp³-hybridized carbons (Fsp3) is 0.517. The van der Waals surface area contributed by atoms with Gasteiger partial charge in [0.25, 0.3) is 11.1 Å². The minimum absolute atomic E-state index is 0. The van der Waals surface area contributed by atoms with Gasteiger partial charge in [-0.2, -0.15) is 0 Å². The predicted octanol–water partition coefficient (Wildman–Crippen LogP) is 9.44. The van der Waals surface area contributed by atoms with Crippen molar-refractivity contribution in [2.45, 2.75) is 138 Å². The third-order valence-electron chi connectivity index (χ3n) is 15.5. The molecule has 0 bridgehead atoms. The summed E-state index contributed by atoms with van der Waals surface area (Å²) < 4.78 is 0. The molecule has 16 heteroatoms. The number of hydrogen-bond donors (Lipinski definition) is 6. The third-order valence-corrected chi connectivity index (χ3v) is 18.0. The molecule has 74 heavy (non-hydrogen) atoms. The van der Waals surface area contributed by atoms with Crippen LogP contribution in [0.1, 0.15) is 110 Å². The number of rotatable bonds is 17. The number of Topliss-reactive ketones (excluding diaryl/α,β-unsaturated/α-hetero) is 2. The molecule has 8 rings (SSSR count). The van der Waals surface area contributed by atoms with Crippen LogP contribution >= 0.6 is 35.1 Å². The van der Waals surface area contributed by atoms with Crippen molar-refractivity contribution >= 4 is 57.8 Å². The van der Waals surface area contributed by atoms with Crippen LogP contribution in [-0.4, -0.2) is 127 Å². The average Bonchev–Trinajstić information content (AvgIpc) is 3.38. The SMILES string of the molecule is CC(=O)[C@@H]1C[C@@H]2CCCC[C@@H]2CN1C[C@@H](O)[C@@H](N)CSc1ccccc1.CC(=O)[C@@H]1C[C@@H]2CCCC[C@@H]2CN1C[C@@H](O)[C@H](CSc1ccccc1)NC(=O)c1cccc(O)c1C.Cc1c(O)cccc1C(=O)Cl.[Ac]. The molecule has 0 aromatic heterocycles. The van der Waals surface area contributed by atoms with Crippen molar-refractivity contribution in [2.24, 2.45) is 29.4 Å². The van der Waals surface area contributed by atoms with E-state index in [2.05, 4.69) is 27.2 Å². The van der Waals surface area contributed by atoms with Crippen LogP contribution in [0.3, 0.4) is 0 Å². The van der Waals surface area contributed by atoms with Crippen molar-refractivity contribution in [1.29, 1.82) is 0 Å². The Morgan fingerprint density at radius 2 is 1.04 bits per heavy atom. The summed E-state index contributed by atoms with van der Waals surface area (Å²) in [7, 11) is 0. The van der Waals surface area contributed by atoms with E-state index in [1.165, 1.54) is 62.3 Å². The van der Waals surface area contributed by atoms with E-state index in [4.69, 9.17) is 22.4 Å². The number of fused-ring (bicyclic) bond motifs is 2. The fourth-order valence-corrected chi connectivity index (χ4v) is 13.3. The second-order valence-electron chi connectivity index (χ2n) is 20.5. The van der Waals surface area contributed by atoms with Crippen LogP contribution in [0.4, 0.5) is 0 Å². The number of amides is 1. The predicted molar refractivity (Wildman–Crippen MR) is 294 cm³/mol. The van der Waals surface area contributed by atoms with E-state index in [0.29, 0.717) is 70.5 Å². The van der Waals surface area contributed by atoms with Crippen molar-refractivity contribution in [2.75, 3.05) is 37.7 Å². The molecule has 1 amide bonds.